The summed E-state index contributed by atoms with van der Waals surface area (Å²) in [5, 5.41) is 21.0. The molecule has 18 heavy (non-hydrogen) atoms. The van der Waals surface area contributed by atoms with Crippen LogP contribution in [0.4, 0.5) is 0 Å². The van der Waals surface area contributed by atoms with Gasteiger partial charge in [0.2, 0.25) is 0 Å². The number of imidazole rings is 1. The maximum Gasteiger partial charge on any atom is 0.177 e. The number of nitrogens with zero attached hydrogens (tertiary/aromatic N) is 4. The third-order valence-electron chi connectivity index (χ3n) is 2.55. The number of rotatable bonds is 3. The molecule has 2 aromatic rings. The van der Waals surface area contributed by atoms with Crippen molar-refractivity contribution in [1.82, 2.24) is 14.9 Å². The zero-order valence-electron chi connectivity index (χ0n) is 9.88. The molecule has 2 rings (SSSR count). The molecule has 0 radical (unpaired) electrons. The Hall–Kier alpha value is -2.63. The van der Waals surface area contributed by atoms with Crippen LogP contribution in [0.1, 0.15) is 17.0 Å². The molecule has 0 amide bonds. The summed E-state index contributed by atoms with van der Waals surface area (Å²) in [6.07, 6.45) is 1.50. The van der Waals surface area contributed by atoms with Gasteiger partial charge < -0.3 is 5.32 Å². The molecule has 0 aliphatic heterocycles. The Morgan fingerprint density at radius 2 is 2.17 bits per heavy atom. The van der Waals surface area contributed by atoms with Crippen LogP contribution >= 0.6 is 0 Å². The Balaban J connectivity index is 2.50. The fraction of sp³-hybridized carbons (Fsp3) is 0.154. The lowest BCUT2D eigenvalue weighted by molar-refractivity contribution is 0.816. The van der Waals surface area contributed by atoms with Gasteiger partial charge in [-0.25, -0.2) is 4.98 Å². The Morgan fingerprint density at radius 1 is 1.33 bits per heavy atom. The highest BCUT2D eigenvalue weighted by atomic mass is 15.1. The van der Waals surface area contributed by atoms with Crippen LogP contribution in [0, 0.1) is 22.7 Å². The molecule has 88 valence electrons. The molecule has 0 saturated heterocycles. The molecular weight excluding hydrogens is 226 g/mol. The molecule has 0 aliphatic rings. The lowest BCUT2D eigenvalue weighted by atomic mass is 10.2. The van der Waals surface area contributed by atoms with Gasteiger partial charge in [0.05, 0.1) is 0 Å². The summed E-state index contributed by atoms with van der Waals surface area (Å²) in [6, 6.07) is 11.7. The highest BCUT2D eigenvalue weighted by Crippen LogP contribution is 2.15. The van der Waals surface area contributed by atoms with E-state index in [1.54, 1.807) is 4.57 Å². The summed E-state index contributed by atoms with van der Waals surface area (Å²) in [5.41, 5.74) is 2.34. The van der Waals surface area contributed by atoms with Crippen molar-refractivity contribution in [3.05, 3.63) is 47.5 Å². The van der Waals surface area contributed by atoms with Crippen molar-refractivity contribution >= 4 is 0 Å². The minimum Gasteiger partial charge on any atom is -0.316 e. The van der Waals surface area contributed by atoms with E-state index in [0.717, 1.165) is 17.8 Å². The molecule has 1 aromatic heterocycles. The Kier molecular flexibility index (Phi) is 3.38. The first-order valence-corrected chi connectivity index (χ1v) is 5.41. The van der Waals surface area contributed by atoms with Crippen molar-refractivity contribution in [3.63, 3.8) is 0 Å². The molecule has 0 aliphatic carbocycles. The molecule has 1 heterocycles. The predicted molar refractivity (Wildman–Crippen MR) is 65.8 cm³/mol. The van der Waals surface area contributed by atoms with Crippen LogP contribution in [-0.2, 0) is 6.54 Å². The summed E-state index contributed by atoms with van der Waals surface area (Å²) < 4.78 is 1.62. The van der Waals surface area contributed by atoms with Gasteiger partial charge in [0.15, 0.2) is 11.4 Å². The largest absolute Gasteiger partial charge is 0.316 e. The number of hydrogen-bond donors (Lipinski definition) is 1. The Labute approximate surface area is 105 Å². The van der Waals surface area contributed by atoms with Gasteiger partial charge in [-0.05, 0) is 24.7 Å². The molecule has 5 heteroatoms. The van der Waals surface area contributed by atoms with E-state index in [-0.39, 0.29) is 11.4 Å². The van der Waals surface area contributed by atoms with E-state index in [9.17, 15) is 0 Å². The first-order valence-electron chi connectivity index (χ1n) is 5.41. The minimum atomic E-state index is 0.150. The lowest BCUT2D eigenvalue weighted by Crippen LogP contribution is -2.06. The van der Waals surface area contributed by atoms with Crippen molar-refractivity contribution in [3.8, 4) is 17.8 Å². The summed E-state index contributed by atoms with van der Waals surface area (Å²) >= 11 is 0. The first kappa shape index (κ1) is 11.8. The normalized spacial score (nSPS) is 9.72. The van der Waals surface area contributed by atoms with E-state index in [4.69, 9.17) is 10.5 Å². The van der Waals surface area contributed by atoms with Crippen molar-refractivity contribution in [2.45, 2.75) is 6.54 Å². The Bertz CT molecular complexity index is 642. The first-order chi connectivity index (χ1) is 8.80. The van der Waals surface area contributed by atoms with Gasteiger partial charge in [0.25, 0.3) is 0 Å². The van der Waals surface area contributed by atoms with Crippen LogP contribution in [0.3, 0.4) is 0 Å². The number of hydrogen-bond acceptors (Lipinski definition) is 4. The quantitative estimate of drug-likeness (QED) is 0.873. The highest BCUT2D eigenvalue weighted by molar-refractivity contribution is 5.45. The number of aromatic nitrogens is 2. The molecule has 1 N–H and O–H groups in total. The van der Waals surface area contributed by atoms with Crippen LogP contribution in [-0.4, -0.2) is 16.6 Å². The predicted octanol–water partition coefficient (Wildman–Crippen LogP) is 1.34. The average Bonchev–Trinajstić information content (AvgIpc) is 2.82. The highest BCUT2D eigenvalue weighted by Gasteiger charge is 2.11. The van der Waals surface area contributed by atoms with E-state index in [0.29, 0.717) is 0 Å². The standard InChI is InChI=1S/C13H11N5/c1-16-8-10-3-2-4-11(5-10)18-9-17-12(6-14)13(18)7-15/h2-5,9,16H,8H2,1H3. The number of nitrogens with one attached hydrogen (secondary N) is 1. The van der Waals surface area contributed by atoms with Crippen LogP contribution in [0.2, 0.25) is 0 Å². The molecule has 0 fully saturated rings. The zero-order chi connectivity index (χ0) is 13.0. The average molecular weight is 237 g/mol. The molecule has 1 aromatic carbocycles. The van der Waals surface area contributed by atoms with E-state index in [1.807, 2.05) is 43.5 Å². The van der Waals surface area contributed by atoms with Gasteiger partial charge in [0, 0.05) is 12.2 Å². The molecule has 0 unspecified atom stereocenters. The number of benzene rings is 1. The molecule has 5 nitrogen and oxygen atoms in total. The second-order valence-corrected chi connectivity index (χ2v) is 3.74. The molecular formula is C13H11N5. The van der Waals surface area contributed by atoms with Gasteiger partial charge in [-0.3, -0.25) is 4.57 Å². The lowest BCUT2D eigenvalue weighted by Gasteiger charge is -2.06. The van der Waals surface area contributed by atoms with Crippen molar-refractivity contribution < 1.29 is 0 Å². The summed E-state index contributed by atoms with van der Waals surface area (Å²) in [6.45, 7) is 0.746. The molecule has 0 atom stereocenters. The van der Waals surface area contributed by atoms with Gasteiger partial charge >= 0.3 is 0 Å². The van der Waals surface area contributed by atoms with Gasteiger partial charge in [-0.2, -0.15) is 10.5 Å². The van der Waals surface area contributed by atoms with Crippen molar-refractivity contribution in [2.24, 2.45) is 0 Å². The van der Waals surface area contributed by atoms with Crippen molar-refractivity contribution in [1.29, 1.82) is 10.5 Å². The summed E-state index contributed by atoms with van der Waals surface area (Å²) in [5.74, 6) is 0. The second-order valence-electron chi connectivity index (χ2n) is 3.74. The smallest absolute Gasteiger partial charge is 0.177 e. The second kappa shape index (κ2) is 5.13. The third kappa shape index (κ3) is 2.08. The maximum atomic E-state index is 9.08. The minimum absolute atomic E-state index is 0.150. The monoisotopic (exact) mass is 237 g/mol. The molecule has 0 saturated carbocycles. The molecule has 0 spiro atoms. The van der Waals surface area contributed by atoms with Crippen LogP contribution in [0.5, 0.6) is 0 Å². The van der Waals surface area contributed by atoms with Gasteiger partial charge in [0.1, 0.15) is 18.5 Å². The maximum absolute atomic E-state index is 9.08. The number of nitriles is 2. The summed E-state index contributed by atoms with van der Waals surface area (Å²) in [7, 11) is 1.87. The molecule has 0 bridgehead atoms. The van der Waals surface area contributed by atoms with E-state index in [1.165, 1.54) is 6.33 Å². The van der Waals surface area contributed by atoms with E-state index >= 15 is 0 Å². The van der Waals surface area contributed by atoms with Crippen LogP contribution in [0.15, 0.2) is 30.6 Å². The summed E-state index contributed by atoms with van der Waals surface area (Å²) in [4.78, 5) is 3.92. The SMILES string of the molecule is CNCc1cccc(-n2cnc(C#N)c2C#N)c1. The van der Waals surface area contributed by atoms with Crippen LogP contribution < -0.4 is 5.32 Å². The van der Waals surface area contributed by atoms with Gasteiger partial charge in [-0.15, -0.1) is 0 Å². The zero-order valence-corrected chi connectivity index (χ0v) is 9.88. The van der Waals surface area contributed by atoms with Crippen molar-refractivity contribution in [2.75, 3.05) is 7.05 Å². The van der Waals surface area contributed by atoms with Gasteiger partial charge in [-0.1, -0.05) is 12.1 Å². The fourth-order valence-corrected chi connectivity index (χ4v) is 1.75. The van der Waals surface area contributed by atoms with Crippen LogP contribution in [0.25, 0.3) is 5.69 Å². The van der Waals surface area contributed by atoms with E-state index < -0.39 is 0 Å². The fourth-order valence-electron chi connectivity index (χ4n) is 1.75. The topological polar surface area (TPSA) is 77.4 Å². The Morgan fingerprint density at radius 3 is 2.83 bits per heavy atom. The van der Waals surface area contributed by atoms with E-state index in [2.05, 4.69) is 10.3 Å². The third-order valence-corrected chi connectivity index (χ3v) is 2.55.